The number of ketones is 2. The average Bonchev–Trinajstić information content (AvgIpc) is 2.91. The Morgan fingerprint density at radius 2 is 1.63 bits per heavy atom. The molecule has 0 radical (unpaired) electrons. The Bertz CT molecular complexity index is 1540. The second-order valence-electron chi connectivity index (χ2n) is 8.49. The fourth-order valence-electron chi connectivity index (χ4n) is 3.86. The summed E-state index contributed by atoms with van der Waals surface area (Å²) in [5, 5.41) is 6.00. The molecule has 2 N–H and O–H groups in total. The second-order valence-corrected chi connectivity index (χ2v) is 10.1. The van der Waals surface area contributed by atoms with Crippen LogP contribution in [0.2, 0.25) is 0 Å². The van der Waals surface area contributed by atoms with E-state index in [0.29, 0.717) is 28.3 Å². The monoisotopic (exact) mass is 533 g/mol. The molecule has 3 aromatic rings. The molecule has 0 saturated carbocycles. The Morgan fingerprint density at radius 1 is 0.921 bits per heavy atom. The van der Waals surface area contributed by atoms with Gasteiger partial charge >= 0.3 is 0 Å². The van der Waals surface area contributed by atoms with Crippen LogP contribution in [-0.2, 0) is 10.0 Å². The van der Waals surface area contributed by atoms with Crippen LogP contribution in [0.4, 0.5) is 5.69 Å². The highest BCUT2D eigenvalue weighted by Crippen LogP contribution is 2.29. The van der Waals surface area contributed by atoms with Crippen molar-refractivity contribution in [2.24, 2.45) is 4.40 Å². The number of hydrogen-bond acceptors (Lipinski definition) is 7. The highest BCUT2D eigenvalue weighted by atomic mass is 32.2. The standard InChI is InChI=1S/C28H27N3O6S/c1-18-8-11-20(12-9-18)38(34,35)31-27(30-23-13-10-19(36-2)16-26(23)37-3)14-15-29-24-17-25(32)21-6-4-5-7-22(21)28(24)33/h4-13,16-17,29H,14-15H2,1-3H3,(H,30,31). The third kappa shape index (κ3) is 5.92. The minimum absolute atomic E-state index is 0.0458. The molecule has 3 aromatic carbocycles. The minimum atomic E-state index is -4.05. The van der Waals surface area contributed by atoms with Crippen molar-refractivity contribution in [2.45, 2.75) is 18.2 Å². The maximum atomic E-state index is 13.1. The summed E-state index contributed by atoms with van der Waals surface area (Å²) in [6, 6.07) is 18.0. The van der Waals surface area contributed by atoms with Crippen LogP contribution < -0.4 is 20.1 Å². The van der Waals surface area contributed by atoms with Gasteiger partial charge in [0.05, 0.1) is 30.5 Å². The first-order valence-electron chi connectivity index (χ1n) is 11.7. The highest BCUT2D eigenvalue weighted by Gasteiger charge is 2.25. The van der Waals surface area contributed by atoms with Crippen molar-refractivity contribution in [3.63, 3.8) is 0 Å². The molecule has 0 amide bonds. The van der Waals surface area contributed by atoms with Crippen LogP contribution in [0, 0.1) is 6.92 Å². The van der Waals surface area contributed by atoms with E-state index in [2.05, 4.69) is 15.0 Å². The van der Waals surface area contributed by atoms with Crippen molar-refractivity contribution in [1.29, 1.82) is 0 Å². The van der Waals surface area contributed by atoms with E-state index in [1.165, 1.54) is 32.4 Å². The number of fused-ring (bicyclic) bond motifs is 1. The molecule has 1 aliphatic rings. The zero-order valence-electron chi connectivity index (χ0n) is 21.1. The molecule has 0 saturated heterocycles. The summed E-state index contributed by atoms with van der Waals surface area (Å²) >= 11 is 0. The summed E-state index contributed by atoms with van der Waals surface area (Å²) in [6.07, 6.45) is 1.34. The molecule has 0 unspecified atom stereocenters. The van der Waals surface area contributed by atoms with E-state index in [-0.39, 0.29) is 41.0 Å². The van der Waals surface area contributed by atoms with Gasteiger partial charge in [0, 0.05) is 36.2 Å². The highest BCUT2D eigenvalue weighted by molar-refractivity contribution is 7.90. The molecule has 0 heterocycles. The smallest absolute Gasteiger partial charge is 0.283 e. The molecule has 0 aromatic heterocycles. The normalized spacial score (nSPS) is 13.4. The summed E-state index contributed by atoms with van der Waals surface area (Å²) < 4.78 is 40.9. The number of nitrogens with zero attached hydrogens (tertiary/aromatic N) is 1. The number of sulfonamides is 1. The van der Waals surface area contributed by atoms with Gasteiger partial charge in [0.15, 0.2) is 5.78 Å². The maximum Gasteiger partial charge on any atom is 0.283 e. The van der Waals surface area contributed by atoms with Crippen molar-refractivity contribution in [3.8, 4) is 11.5 Å². The van der Waals surface area contributed by atoms with Crippen LogP contribution in [0.15, 0.2) is 87.8 Å². The Labute approximate surface area is 221 Å². The number of aryl methyl sites for hydroxylation is 1. The predicted octanol–water partition coefficient (Wildman–Crippen LogP) is 4.15. The van der Waals surface area contributed by atoms with Crippen LogP contribution in [0.1, 0.15) is 32.7 Å². The number of amidine groups is 1. The lowest BCUT2D eigenvalue weighted by atomic mass is 9.93. The third-order valence-electron chi connectivity index (χ3n) is 5.87. The molecule has 0 fully saturated rings. The molecule has 10 heteroatoms. The zero-order valence-corrected chi connectivity index (χ0v) is 22.0. The molecule has 0 spiro atoms. The van der Waals surface area contributed by atoms with Crippen molar-refractivity contribution in [1.82, 2.24) is 5.32 Å². The SMILES string of the molecule is COc1ccc(NC(CCNC2=CC(=O)c3ccccc3C2=O)=NS(=O)(=O)c2ccc(C)cc2)c(OC)c1. The second kappa shape index (κ2) is 11.3. The number of methoxy groups -OCH3 is 2. The summed E-state index contributed by atoms with van der Waals surface area (Å²) in [5.41, 5.74) is 2.20. The lowest BCUT2D eigenvalue weighted by Crippen LogP contribution is -2.29. The van der Waals surface area contributed by atoms with Crippen LogP contribution in [0.3, 0.4) is 0 Å². The molecule has 0 atom stereocenters. The van der Waals surface area contributed by atoms with Gasteiger partial charge < -0.3 is 20.1 Å². The Balaban J connectivity index is 1.59. The molecule has 0 aliphatic heterocycles. The molecular formula is C28H27N3O6S. The van der Waals surface area contributed by atoms with Crippen molar-refractivity contribution in [3.05, 3.63) is 95.2 Å². The number of allylic oxidation sites excluding steroid dienone is 2. The van der Waals surface area contributed by atoms with Crippen LogP contribution in [0.5, 0.6) is 11.5 Å². The van der Waals surface area contributed by atoms with E-state index in [1.807, 2.05) is 6.92 Å². The Hall–Kier alpha value is -4.44. The summed E-state index contributed by atoms with van der Waals surface area (Å²) in [7, 11) is -1.04. The van der Waals surface area contributed by atoms with Gasteiger partial charge in [-0.15, -0.1) is 4.40 Å². The van der Waals surface area contributed by atoms with Gasteiger partial charge in [-0.2, -0.15) is 8.42 Å². The van der Waals surface area contributed by atoms with Crippen molar-refractivity contribution in [2.75, 3.05) is 26.1 Å². The number of Topliss-reactive ketones (excluding diaryl/α,β-unsaturated/α-hetero) is 1. The van der Waals surface area contributed by atoms with Crippen LogP contribution >= 0.6 is 0 Å². The number of carbonyl (C=O) groups is 2. The Kier molecular flexibility index (Phi) is 7.92. The van der Waals surface area contributed by atoms with E-state index in [0.717, 1.165) is 5.56 Å². The van der Waals surface area contributed by atoms with Gasteiger partial charge in [-0.3, -0.25) is 9.59 Å². The van der Waals surface area contributed by atoms with E-state index >= 15 is 0 Å². The van der Waals surface area contributed by atoms with Crippen molar-refractivity contribution >= 4 is 33.1 Å². The summed E-state index contributed by atoms with van der Waals surface area (Å²) in [6.45, 7) is 1.99. The molecule has 38 heavy (non-hydrogen) atoms. The fraction of sp³-hybridized carbons (Fsp3) is 0.179. The van der Waals surface area contributed by atoms with E-state index in [9.17, 15) is 18.0 Å². The average molecular weight is 534 g/mol. The minimum Gasteiger partial charge on any atom is -0.497 e. The first kappa shape index (κ1) is 26.6. The van der Waals surface area contributed by atoms with Crippen molar-refractivity contribution < 1.29 is 27.5 Å². The van der Waals surface area contributed by atoms with Gasteiger partial charge in [-0.05, 0) is 31.2 Å². The fourth-order valence-corrected chi connectivity index (χ4v) is 4.87. The molecule has 9 nitrogen and oxygen atoms in total. The summed E-state index contributed by atoms with van der Waals surface area (Å²) in [4.78, 5) is 25.4. The van der Waals surface area contributed by atoms with E-state index in [1.54, 1.807) is 54.6 Å². The maximum absolute atomic E-state index is 13.1. The lowest BCUT2D eigenvalue weighted by Gasteiger charge is -2.18. The molecule has 1 aliphatic carbocycles. The number of rotatable bonds is 9. The first-order valence-corrected chi connectivity index (χ1v) is 13.2. The van der Waals surface area contributed by atoms with Gasteiger partial charge in [0.1, 0.15) is 17.3 Å². The number of ether oxygens (including phenoxy) is 2. The molecule has 196 valence electrons. The number of benzene rings is 3. The quantitative estimate of drug-likeness (QED) is 0.311. The zero-order chi connectivity index (χ0) is 27.3. The van der Waals surface area contributed by atoms with Crippen LogP contribution in [0.25, 0.3) is 0 Å². The van der Waals surface area contributed by atoms with Gasteiger partial charge in [0.2, 0.25) is 5.78 Å². The first-order chi connectivity index (χ1) is 18.2. The third-order valence-corrected chi connectivity index (χ3v) is 7.20. The predicted molar refractivity (Wildman–Crippen MR) is 145 cm³/mol. The van der Waals surface area contributed by atoms with Gasteiger partial charge in [-0.25, -0.2) is 0 Å². The van der Waals surface area contributed by atoms with Crippen LogP contribution in [-0.4, -0.2) is 46.6 Å². The number of carbonyl (C=O) groups excluding carboxylic acids is 2. The number of anilines is 1. The van der Waals surface area contributed by atoms with E-state index in [4.69, 9.17) is 9.47 Å². The Morgan fingerprint density at radius 3 is 2.32 bits per heavy atom. The lowest BCUT2D eigenvalue weighted by molar-refractivity contribution is 0.0978. The van der Waals surface area contributed by atoms with Gasteiger partial charge in [-0.1, -0.05) is 42.0 Å². The number of hydrogen-bond donors (Lipinski definition) is 2. The summed E-state index contributed by atoms with van der Waals surface area (Å²) in [5.74, 6) is 0.505. The molecular weight excluding hydrogens is 506 g/mol. The molecule has 4 rings (SSSR count). The molecule has 0 bridgehead atoms. The largest absolute Gasteiger partial charge is 0.497 e. The topological polar surface area (TPSA) is 123 Å². The number of nitrogens with one attached hydrogen (secondary N) is 2. The van der Waals surface area contributed by atoms with Gasteiger partial charge in [0.25, 0.3) is 10.0 Å². The van der Waals surface area contributed by atoms with E-state index < -0.39 is 10.0 Å².